The summed E-state index contributed by atoms with van der Waals surface area (Å²) in [6, 6.07) is 0. The summed E-state index contributed by atoms with van der Waals surface area (Å²) in [7, 11) is 0. The summed E-state index contributed by atoms with van der Waals surface area (Å²) in [5.74, 6) is -1.04. The van der Waals surface area contributed by atoms with Crippen molar-refractivity contribution in [2.75, 3.05) is 5.73 Å². The average molecular weight is 227 g/mol. The molecule has 0 radical (unpaired) electrons. The maximum atomic E-state index is 11.4. The number of aromatic nitrogens is 2. The summed E-state index contributed by atoms with van der Waals surface area (Å²) >= 11 is 0. The molecule has 0 aliphatic rings. The topological polar surface area (TPSA) is 118 Å². The number of carboxylic acid groups (broad SMARTS) is 1. The van der Waals surface area contributed by atoms with Gasteiger partial charge in [0.1, 0.15) is 5.69 Å². The Balaban J connectivity index is 3.17. The predicted molar refractivity (Wildman–Crippen MR) is 57.2 cm³/mol. The molecular weight excluding hydrogens is 214 g/mol. The van der Waals surface area contributed by atoms with E-state index < -0.39 is 22.6 Å². The van der Waals surface area contributed by atoms with Crippen molar-refractivity contribution >= 4 is 11.7 Å². The first-order valence-electron chi connectivity index (χ1n) is 4.56. The Labute approximate surface area is 90.5 Å². The molecule has 7 heteroatoms. The molecule has 0 atom stereocenters. The van der Waals surface area contributed by atoms with Crippen molar-refractivity contribution in [1.82, 2.24) is 9.55 Å². The van der Waals surface area contributed by atoms with Gasteiger partial charge < -0.3 is 10.8 Å². The highest BCUT2D eigenvalue weighted by Crippen LogP contribution is 2.17. The van der Waals surface area contributed by atoms with Gasteiger partial charge in [-0.2, -0.15) is 0 Å². The Morgan fingerprint density at radius 2 is 2.12 bits per heavy atom. The zero-order valence-electron chi connectivity index (χ0n) is 8.98. The van der Waals surface area contributed by atoms with Crippen molar-refractivity contribution < 1.29 is 9.90 Å². The molecule has 0 spiro atoms. The number of rotatable bonds is 3. The molecular formula is C9H13N3O4. The van der Waals surface area contributed by atoms with E-state index in [-0.39, 0.29) is 12.2 Å². The second-order valence-corrected chi connectivity index (χ2v) is 4.16. The minimum absolute atomic E-state index is 0.0673. The number of nitrogens with one attached hydrogen (secondary N) is 1. The lowest BCUT2D eigenvalue weighted by molar-refractivity contribution is -0.147. The fraction of sp³-hybridized carbons (Fsp3) is 0.444. The van der Waals surface area contributed by atoms with Gasteiger partial charge in [-0.1, -0.05) is 0 Å². The van der Waals surface area contributed by atoms with Crippen LogP contribution < -0.4 is 17.0 Å². The summed E-state index contributed by atoms with van der Waals surface area (Å²) in [6.45, 7) is 2.88. The lowest BCUT2D eigenvalue weighted by Gasteiger charge is -2.19. The third kappa shape index (κ3) is 2.30. The maximum Gasteiger partial charge on any atom is 0.328 e. The molecule has 0 aliphatic heterocycles. The monoisotopic (exact) mass is 227 g/mol. The van der Waals surface area contributed by atoms with Gasteiger partial charge in [0.05, 0.1) is 5.41 Å². The van der Waals surface area contributed by atoms with Crippen molar-refractivity contribution in [2.24, 2.45) is 5.41 Å². The molecule has 0 unspecified atom stereocenters. The molecule has 1 heterocycles. The van der Waals surface area contributed by atoms with E-state index in [0.717, 1.165) is 10.8 Å². The van der Waals surface area contributed by atoms with E-state index in [1.54, 1.807) is 0 Å². The molecule has 1 aromatic heterocycles. The van der Waals surface area contributed by atoms with E-state index in [2.05, 4.69) is 0 Å². The fourth-order valence-electron chi connectivity index (χ4n) is 1.14. The van der Waals surface area contributed by atoms with E-state index in [1.807, 2.05) is 4.98 Å². The second-order valence-electron chi connectivity index (χ2n) is 4.16. The van der Waals surface area contributed by atoms with Gasteiger partial charge >= 0.3 is 11.7 Å². The number of anilines is 1. The molecule has 0 bridgehead atoms. The number of carbonyl (C=O) groups is 1. The Kier molecular flexibility index (Phi) is 2.88. The maximum absolute atomic E-state index is 11.4. The minimum atomic E-state index is -1.12. The molecule has 0 saturated heterocycles. The van der Waals surface area contributed by atoms with E-state index in [4.69, 9.17) is 10.8 Å². The standard InChI is InChI=1S/C9H13N3O4/c1-9(2,7(14)15)4-12-3-5(10)6(13)11-8(12)16/h3H,4,10H2,1-2H3,(H,14,15)(H,11,13,16). The number of nitrogens with zero attached hydrogens (tertiary/aromatic N) is 1. The van der Waals surface area contributed by atoms with Crippen molar-refractivity contribution in [3.8, 4) is 0 Å². The zero-order chi connectivity index (χ0) is 12.5. The zero-order valence-corrected chi connectivity index (χ0v) is 8.98. The molecule has 0 aliphatic carbocycles. The number of aliphatic carboxylic acids is 1. The van der Waals surface area contributed by atoms with Crippen LogP contribution in [0.5, 0.6) is 0 Å². The van der Waals surface area contributed by atoms with Gasteiger partial charge in [0, 0.05) is 12.7 Å². The van der Waals surface area contributed by atoms with Crippen molar-refractivity contribution in [3.63, 3.8) is 0 Å². The quantitative estimate of drug-likeness (QED) is 0.626. The molecule has 1 rings (SSSR count). The van der Waals surface area contributed by atoms with Crippen molar-refractivity contribution in [2.45, 2.75) is 20.4 Å². The first kappa shape index (κ1) is 12.0. The second kappa shape index (κ2) is 3.84. The SMILES string of the molecule is CC(C)(Cn1cc(N)c(=O)[nH]c1=O)C(=O)O. The lowest BCUT2D eigenvalue weighted by Crippen LogP contribution is -2.37. The van der Waals surface area contributed by atoms with Gasteiger partial charge in [-0.3, -0.25) is 19.1 Å². The summed E-state index contributed by atoms with van der Waals surface area (Å²) in [5, 5.41) is 8.90. The Hall–Kier alpha value is -2.05. The molecule has 0 amide bonds. The van der Waals surface area contributed by atoms with Gasteiger partial charge in [0.2, 0.25) is 0 Å². The number of carboxylic acids is 1. The number of nitrogens with two attached hydrogens (primary N) is 1. The molecule has 0 saturated carbocycles. The summed E-state index contributed by atoms with van der Waals surface area (Å²) in [4.78, 5) is 35.2. The number of hydrogen-bond acceptors (Lipinski definition) is 4. The molecule has 0 aromatic carbocycles. The van der Waals surface area contributed by atoms with E-state index >= 15 is 0 Å². The third-order valence-corrected chi connectivity index (χ3v) is 2.18. The smallest absolute Gasteiger partial charge is 0.328 e. The highest BCUT2D eigenvalue weighted by atomic mass is 16.4. The van der Waals surface area contributed by atoms with Crippen LogP contribution in [-0.2, 0) is 11.3 Å². The van der Waals surface area contributed by atoms with Crippen LogP contribution in [0, 0.1) is 5.41 Å². The van der Waals surface area contributed by atoms with E-state index in [9.17, 15) is 14.4 Å². The van der Waals surface area contributed by atoms with Crippen LogP contribution in [0.3, 0.4) is 0 Å². The normalized spacial score (nSPS) is 11.4. The molecule has 4 N–H and O–H groups in total. The first-order valence-corrected chi connectivity index (χ1v) is 4.56. The highest BCUT2D eigenvalue weighted by molar-refractivity contribution is 5.73. The first-order chi connectivity index (χ1) is 7.24. The summed E-state index contributed by atoms with van der Waals surface area (Å²) < 4.78 is 1.07. The third-order valence-electron chi connectivity index (χ3n) is 2.18. The summed E-state index contributed by atoms with van der Waals surface area (Å²) in [5.41, 5.74) is 2.75. The Morgan fingerprint density at radius 3 is 2.62 bits per heavy atom. The largest absolute Gasteiger partial charge is 0.481 e. The van der Waals surface area contributed by atoms with Crippen LogP contribution in [0.1, 0.15) is 13.8 Å². The van der Waals surface area contributed by atoms with Crippen LogP contribution in [0.2, 0.25) is 0 Å². The number of nitrogen functional groups attached to an aromatic ring is 1. The van der Waals surface area contributed by atoms with Crippen LogP contribution in [0.15, 0.2) is 15.8 Å². The van der Waals surface area contributed by atoms with Crippen molar-refractivity contribution in [3.05, 3.63) is 27.0 Å². The van der Waals surface area contributed by atoms with Crippen molar-refractivity contribution in [1.29, 1.82) is 0 Å². The highest BCUT2D eigenvalue weighted by Gasteiger charge is 2.28. The number of aromatic amines is 1. The van der Waals surface area contributed by atoms with E-state index in [0.29, 0.717) is 0 Å². The molecule has 88 valence electrons. The van der Waals surface area contributed by atoms with E-state index in [1.165, 1.54) is 13.8 Å². The van der Waals surface area contributed by atoms with Gasteiger partial charge in [0.15, 0.2) is 0 Å². The van der Waals surface area contributed by atoms with Crippen LogP contribution in [-0.4, -0.2) is 20.6 Å². The predicted octanol–water partition coefficient (Wildman–Crippen LogP) is -0.770. The van der Waals surface area contributed by atoms with Crippen LogP contribution >= 0.6 is 0 Å². The van der Waals surface area contributed by atoms with Gasteiger partial charge in [-0.15, -0.1) is 0 Å². The van der Waals surface area contributed by atoms with Gasteiger partial charge in [-0.05, 0) is 13.8 Å². The average Bonchev–Trinajstić information content (AvgIpc) is 2.13. The minimum Gasteiger partial charge on any atom is -0.481 e. The molecule has 7 nitrogen and oxygen atoms in total. The summed E-state index contributed by atoms with van der Waals surface area (Å²) in [6.07, 6.45) is 1.14. The van der Waals surface area contributed by atoms with Crippen LogP contribution in [0.4, 0.5) is 5.69 Å². The van der Waals surface area contributed by atoms with Gasteiger partial charge in [-0.25, -0.2) is 4.79 Å². The van der Waals surface area contributed by atoms with Gasteiger partial charge in [0.25, 0.3) is 5.56 Å². The number of hydrogen-bond donors (Lipinski definition) is 3. The fourth-order valence-corrected chi connectivity index (χ4v) is 1.14. The number of H-pyrrole nitrogens is 1. The van der Waals surface area contributed by atoms with Crippen LogP contribution in [0.25, 0.3) is 0 Å². The molecule has 16 heavy (non-hydrogen) atoms. The lowest BCUT2D eigenvalue weighted by atomic mass is 9.94. The molecule has 0 fully saturated rings. The Bertz CT molecular complexity index is 526. The Morgan fingerprint density at radius 1 is 1.56 bits per heavy atom. The molecule has 1 aromatic rings.